The molecule has 3 heteroatoms. The Balaban J connectivity index is 1.75. The zero-order chi connectivity index (χ0) is 12.1. The van der Waals surface area contributed by atoms with Gasteiger partial charge in [-0.15, -0.1) is 0 Å². The highest BCUT2D eigenvalue weighted by molar-refractivity contribution is 5.03. The van der Waals surface area contributed by atoms with Gasteiger partial charge >= 0.3 is 0 Å². The number of furan rings is 2. The largest absolute Gasteiger partial charge is 0.469 e. The van der Waals surface area contributed by atoms with Crippen LogP contribution in [0.15, 0.2) is 45.6 Å². The fourth-order valence-corrected chi connectivity index (χ4v) is 1.94. The van der Waals surface area contributed by atoms with Crippen LogP contribution in [0.1, 0.15) is 37.8 Å². The Morgan fingerprint density at radius 1 is 1.12 bits per heavy atom. The summed E-state index contributed by atoms with van der Waals surface area (Å²) < 4.78 is 10.7. The van der Waals surface area contributed by atoms with Crippen LogP contribution >= 0.6 is 0 Å². The molecule has 0 radical (unpaired) electrons. The van der Waals surface area contributed by atoms with Gasteiger partial charge in [0.25, 0.3) is 0 Å². The Labute approximate surface area is 102 Å². The van der Waals surface area contributed by atoms with Crippen molar-refractivity contribution in [2.24, 2.45) is 0 Å². The number of nitrogens with one attached hydrogen (secondary N) is 1. The number of rotatable bonds is 6. The molecule has 2 heterocycles. The van der Waals surface area contributed by atoms with Gasteiger partial charge in [0.05, 0.1) is 18.6 Å². The van der Waals surface area contributed by atoms with Crippen LogP contribution in [0.5, 0.6) is 0 Å². The molecule has 1 N–H and O–H groups in total. The molecule has 2 rings (SSSR count). The summed E-state index contributed by atoms with van der Waals surface area (Å²) in [5, 5.41) is 3.51. The Kier molecular flexibility index (Phi) is 4.04. The van der Waals surface area contributed by atoms with Gasteiger partial charge in [-0.2, -0.15) is 0 Å². The minimum Gasteiger partial charge on any atom is -0.469 e. The fraction of sp³-hybridized carbons (Fsp3) is 0.429. The minimum atomic E-state index is 0.247. The molecule has 2 aromatic heterocycles. The predicted molar refractivity (Wildman–Crippen MR) is 66.7 cm³/mol. The molecule has 0 saturated heterocycles. The van der Waals surface area contributed by atoms with E-state index in [1.165, 1.54) is 0 Å². The maximum atomic E-state index is 5.37. The normalized spacial score (nSPS) is 14.7. The van der Waals surface area contributed by atoms with Gasteiger partial charge in [0, 0.05) is 12.5 Å². The van der Waals surface area contributed by atoms with Crippen LogP contribution in [0.3, 0.4) is 0 Å². The van der Waals surface area contributed by atoms with Crippen LogP contribution in [0.25, 0.3) is 0 Å². The lowest BCUT2D eigenvalue weighted by molar-refractivity contribution is 0.381. The molecule has 0 spiro atoms. The van der Waals surface area contributed by atoms with Gasteiger partial charge in [0.2, 0.25) is 0 Å². The highest BCUT2D eigenvalue weighted by atomic mass is 16.3. The van der Waals surface area contributed by atoms with Crippen molar-refractivity contribution in [2.75, 3.05) is 0 Å². The van der Waals surface area contributed by atoms with Crippen molar-refractivity contribution in [3.8, 4) is 0 Å². The maximum absolute atomic E-state index is 5.37. The summed E-state index contributed by atoms with van der Waals surface area (Å²) >= 11 is 0. The highest BCUT2D eigenvalue weighted by Crippen LogP contribution is 2.14. The van der Waals surface area contributed by atoms with E-state index in [4.69, 9.17) is 8.83 Å². The second kappa shape index (κ2) is 5.73. The van der Waals surface area contributed by atoms with Crippen LogP contribution in [-0.4, -0.2) is 6.04 Å². The lowest BCUT2D eigenvalue weighted by Gasteiger charge is -2.17. The summed E-state index contributed by atoms with van der Waals surface area (Å²) in [6.45, 7) is 4.30. The van der Waals surface area contributed by atoms with E-state index in [2.05, 4.69) is 19.2 Å². The molecule has 0 fully saturated rings. The molecule has 0 aliphatic heterocycles. The van der Waals surface area contributed by atoms with E-state index in [-0.39, 0.29) is 6.04 Å². The first-order chi connectivity index (χ1) is 8.25. The molecule has 0 bridgehead atoms. The Hall–Kier alpha value is -1.48. The van der Waals surface area contributed by atoms with Crippen molar-refractivity contribution in [1.82, 2.24) is 5.32 Å². The van der Waals surface area contributed by atoms with E-state index < -0.39 is 0 Å². The van der Waals surface area contributed by atoms with Crippen molar-refractivity contribution in [1.29, 1.82) is 0 Å². The minimum absolute atomic E-state index is 0.247. The third kappa shape index (κ3) is 3.49. The van der Waals surface area contributed by atoms with Gasteiger partial charge in [0.1, 0.15) is 11.5 Å². The summed E-state index contributed by atoms with van der Waals surface area (Å²) in [6.07, 6.45) is 5.45. The summed E-state index contributed by atoms with van der Waals surface area (Å²) in [5.74, 6) is 2.03. The summed E-state index contributed by atoms with van der Waals surface area (Å²) in [6, 6.07) is 8.54. The molecule has 2 aromatic rings. The zero-order valence-corrected chi connectivity index (χ0v) is 10.3. The first-order valence-electron chi connectivity index (χ1n) is 6.07. The fourth-order valence-electron chi connectivity index (χ4n) is 1.94. The van der Waals surface area contributed by atoms with Gasteiger partial charge < -0.3 is 14.2 Å². The molecule has 0 aliphatic rings. The molecule has 17 heavy (non-hydrogen) atoms. The molecule has 0 amide bonds. The summed E-state index contributed by atoms with van der Waals surface area (Å²) in [5.41, 5.74) is 0. The van der Waals surface area contributed by atoms with E-state index >= 15 is 0 Å². The Morgan fingerprint density at radius 3 is 2.53 bits per heavy atom. The molecular formula is C14H19NO2. The number of aryl methyl sites for hydroxylation is 1. The second-order valence-corrected chi connectivity index (χ2v) is 4.42. The quantitative estimate of drug-likeness (QED) is 0.829. The number of hydrogen-bond donors (Lipinski definition) is 1. The van der Waals surface area contributed by atoms with E-state index in [1.54, 1.807) is 12.5 Å². The third-order valence-electron chi connectivity index (χ3n) is 2.91. The van der Waals surface area contributed by atoms with E-state index in [0.29, 0.717) is 6.04 Å². The SMILES string of the molecule is CC(CCc1ccco1)N[C@@H](C)c1ccco1. The van der Waals surface area contributed by atoms with Crippen LogP contribution in [0.4, 0.5) is 0 Å². The molecular weight excluding hydrogens is 214 g/mol. The smallest absolute Gasteiger partial charge is 0.120 e. The van der Waals surface area contributed by atoms with Crippen molar-refractivity contribution in [3.05, 3.63) is 48.3 Å². The van der Waals surface area contributed by atoms with Crippen LogP contribution in [-0.2, 0) is 6.42 Å². The van der Waals surface area contributed by atoms with Gasteiger partial charge in [-0.3, -0.25) is 0 Å². The van der Waals surface area contributed by atoms with Gasteiger partial charge in [-0.1, -0.05) is 0 Å². The molecule has 0 aromatic carbocycles. The Morgan fingerprint density at radius 2 is 1.88 bits per heavy atom. The van der Waals surface area contributed by atoms with Gasteiger partial charge in [-0.05, 0) is 44.5 Å². The predicted octanol–water partition coefficient (Wildman–Crippen LogP) is 3.54. The van der Waals surface area contributed by atoms with E-state index in [0.717, 1.165) is 24.4 Å². The third-order valence-corrected chi connectivity index (χ3v) is 2.91. The maximum Gasteiger partial charge on any atom is 0.120 e. The van der Waals surface area contributed by atoms with E-state index in [1.807, 2.05) is 24.3 Å². The van der Waals surface area contributed by atoms with Gasteiger partial charge in [0.15, 0.2) is 0 Å². The topological polar surface area (TPSA) is 38.3 Å². The van der Waals surface area contributed by atoms with Gasteiger partial charge in [-0.25, -0.2) is 0 Å². The average Bonchev–Trinajstić information content (AvgIpc) is 2.99. The second-order valence-electron chi connectivity index (χ2n) is 4.42. The van der Waals surface area contributed by atoms with Crippen LogP contribution < -0.4 is 5.32 Å². The van der Waals surface area contributed by atoms with Crippen molar-refractivity contribution in [2.45, 2.75) is 38.8 Å². The standard InChI is InChI=1S/C14H19NO2/c1-11(7-8-13-5-3-9-16-13)15-12(2)14-6-4-10-17-14/h3-6,9-12,15H,7-8H2,1-2H3/t11?,12-/m0/s1. The van der Waals surface area contributed by atoms with E-state index in [9.17, 15) is 0 Å². The van der Waals surface area contributed by atoms with Crippen molar-refractivity contribution < 1.29 is 8.83 Å². The molecule has 92 valence electrons. The lowest BCUT2D eigenvalue weighted by atomic mass is 10.1. The molecule has 3 nitrogen and oxygen atoms in total. The first kappa shape index (κ1) is 12.0. The van der Waals surface area contributed by atoms with Crippen molar-refractivity contribution >= 4 is 0 Å². The summed E-state index contributed by atoms with van der Waals surface area (Å²) in [7, 11) is 0. The average molecular weight is 233 g/mol. The molecule has 0 saturated carbocycles. The van der Waals surface area contributed by atoms with Crippen LogP contribution in [0.2, 0.25) is 0 Å². The first-order valence-corrected chi connectivity index (χ1v) is 6.07. The zero-order valence-electron chi connectivity index (χ0n) is 10.3. The van der Waals surface area contributed by atoms with Crippen molar-refractivity contribution in [3.63, 3.8) is 0 Å². The lowest BCUT2D eigenvalue weighted by Crippen LogP contribution is -2.29. The highest BCUT2D eigenvalue weighted by Gasteiger charge is 2.11. The molecule has 1 unspecified atom stereocenters. The summed E-state index contributed by atoms with van der Waals surface area (Å²) in [4.78, 5) is 0. The Bertz CT molecular complexity index is 405. The molecule has 2 atom stereocenters. The van der Waals surface area contributed by atoms with Crippen LogP contribution in [0, 0.1) is 0 Å². The molecule has 0 aliphatic carbocycles. The monoisotopic (exact) mass is 233 g/mol. The number of hydrogen-bond acceptors (Lipinski definition) is 3.